The van der Waals surface area contributed by atoms with E-state index >= 15 is 0 Å². The van der Waals surface area contributed by atoms with Crippen molar-refractivity contribution in [1.82, 2.24) is 0 Å². The van der Waals surface area contributed by atoms with Crippen molar-refractivity contribution < 1.29 is 13.2 Å². The molecule has 2 aromatic rings. The molecular formula is C13H8BrF3N2S. The molecule has 0 fully saturated rings. The fourth-order valence-electron chi connectivity index (χ4n) is 1.58. The molecule has 0 saturated heterocycles. The normalized spacial score (nSPS) is 11.2. The molecule has 1 heterocycles. The van der Waals surface area contributed by atoms with Crippen LogP contribution in [0, 0.1) is 11.3 Å². The topological polar surface area (TPSA) is 35.8 Å². The third-order valence-electron chi connectivity index (χ3n) is 2.46. The van der Waals surface area contributed by atoms with E-state index in [1.54, 1.807) is 18.2 Å². The average molecular weight is 361 g/mol. The van der Waals surface area contributed by atoms with Crippen molar-refractivity contribution in [2.45, 2.75) is 12.7 Å². The summed E-state index contributed by atoms with van der Waals surface area (Å²) in [6.45, 7) is 0.375. The largest absolute Gasteiger partial charge is 0.416 e. The first kappa shape index (κ1) is 14.9. The Kier molecular flexibility index (Phi) is 4.35. The zero-order valence-corrected chi connectivity index (χ0v) is 12.4. The molecule has 0 aliphatic carbocycles. The highest BCUT2D eigenvalue weighted by atomic mass is 79.9. The van der Waals surface area contributed by atoms with Crippen molar-refractivity contribution in [3.63, 3.8) is 0 Å². The van der Waals surface area contributed by atoms with Crippen LogP contribution in [-0.4, -0.2) is 0 Å². The van der Waals surface area contributed by atoms with Crippen molar-refractivity contribution in [3.05, 3.63) is 50.1 Å². The molecule has 0 amide bonds. The van der Waals surface area contributed by atoms with Crippen LogP contribution in [0.3, 0.4) is 0 Å². The molecule has 0 atom stereocenters. The number of hydrogen-bond donors (Lipinski definition) is 1. The number of thiophene rings is 1. The van der Waals surface area contributed by atoms with Crippen LogP contribution in [0.4, 0.5) is 18.9 Å². The number of anilines is 1. The highest BCUT2D eigenvalue weighted by molar-refractivity contribution is 9.10. The SMILES string of the molecule is N#Cc1ccc(CNc2cc(Br)cc(C(F)(F)F)c2)s1. The van der Waals surface area contributed by atoms with Crippen molar-refractivity contribution in [1.29, 1.82) is 5.26 Å². The number of nitrogens with one attached hydrogen (secondary N) is 1. The summed E-state index contributed by atoms with van der Waals surface area (Å²) in [4.78, 5) is 1.46. The minimum absolute atomic E-state index is 0.360. The molecule has 2 rings (SSSR count). The van der Waals surface area contributed by atoms with E-state index in [2.05, 4.69) is 21.2 Å². The van der Waals surface area contributed by atoms with Gasteiger partial charge in [0.05, 0.1) is 5.56 Å². The Morgan fingerprint density at radius 2 is 2.00 bits per heavy atom. The van der Waals surface area contributed by atoms with Crippen LogP contribution in [0.1, 0.15) is 15.3 Å². The quantitative estimate of drug-likeness (QED) is 0.834. The van der Waals surface area contributed by atoms with E-state index < -0.39 is 11.7 Å². The van der Waals surface area contributed by atoms with Gasteiger partial charge in [-0.25, -0.2) is 0 Å². The number of alkyl halides is 3. The highest BCUT2D eigenvalue weighted by Gasteiger charge is 2.31. The molecule has 0 saturated carbocycles. The van der Waals surface area contributed by atoms with E-state index in [0.29, 0.717) is 21.6 Å². The summed E-state index contributed by atoms with van der Waals surface area (Å²) in [5.41, 5.74) is -0.336. The van der Waals surface area contributed by atoms with Crippen LogP contribution in [0.2, 0.25) is 0 Å². The van der Waals surface area contributed by atoms with Gasteiger partial charge in [-0.3, -0.25) is 0 Å². The molecule has 0 aliphatic heterocycles. The molecule has 0 unspecified atom stereocenters. The third-order valence-corrected chi connectivity index (χ3v) is 3.91. The second-order valence-electron chi connectivity index (χ2n) is 3.96. The molecule has 2 nitrogen and oxygen atoms in total. The Balaban J connectivity index is 2.13. The van der Waals surface area contributed by atoms with Gasteiger partial charge in [0.2, 0.25) is 0 Å². The lowest BCUT2D eigenvalue weighted by Crippen LogP contribution is -2.06. The van der Waals surface area contributed by atoms with Gasteiger partial charge < -0.3 is 5.32 Å². The van der Waals surface area contributed by atoms with Crippen LogP contribution in [0.15, 0.2) is 34.8 Å². The van der Waals surface area contributed by atoms with Crippen molar-refractivity contribution in [2.75, 3.05) is 5.32 Å². The van der Waals surface area contributed by atoms with Crippen molar-refractivity contribution in [3.8, 4) is 6.07 Å². The summed E-state index contributed by atoms with van der Waals surface area (Å²) >= 11 is 4.38. The summed E-state index contributed by atoms with van der Waals surface area (Å²) in [5.74, 6) is 0. The van der Waals surface area contributed by atoms with Crippen LogP contribution in [0.5, 0.6) is 0 Å². The van der Waals surface area contributed by atoms with E-state index in [-0.39, 0.29) is 0 Å². The standard InChI is InChI=1S/C13H8BrF3N2S/c14-9-3-8(13(15,16)17)4-10(5-9)19-7-12-2-1-11(6-18)20-12/h1-5,19H,7H2. The number of rotatable bonds is 3. The summed E-state index contributed by atoms with van der Waals surface area (Å²) in [7, 11) is 0. The Labute approximate surface area is 126 Å². The number of nitrogens with zero attached hydrogens (tertiary/aromatic N) is 1. The number of nitriles is 1. The van der Waals surface area contributed by atoms with Crippen molar-refractivity contribution in [2.24, 2.45) is 0 Å². The first-order valence-electron chi connectivity index (χ1n) is 5.49. The maximum atomic E-state index is 12.7. The Morgan fingerprint density at radius 1 is 1.25 bits per heavy atom. The van der Waals surface area contributed by atoms with E-state index in [1.165, 1.54) is 11.3 Å². The molecule has 104 valence electrons. The van der Waals surface area contributed by atoms with Gasteiger partial charge in [-0.2, -0.15) is 18.4 Å². The molecular weight excluding hydrogens is 353 g/mol. The first-order valence-corrected chi connectivity index (χ1v) is 7.10. The average Bonchev–Trinajstić information content (AvgIpc) is 2.82. The van der Waals surface area contributed by atoms with E-state index in [4.69, 9.17) is 5.26 Å². The minimum atomic E-state index is -4.38. The molecule has 0 spiro atoms. The Bertz CT molecular complexity index is 658. The fourth-order valence-corrected chi connectivity index (χ4v) is 2.82. The first-order chi connectivity index (χ1) is 9.38. The van der Waals surface area contributed by atoms with Crippen LogP contribution in [-0.2, 0) is 12.7 Å². The molecule has 7 heteroatoms. The smallest absolute Gasteiger partial charge is 0.380 e. The second kappa shape index (κ2) is 5.85. The maximum Gasteiger partial charge on any atom is 0.416 e. The molecule has 1 aromatic carbocycles. The van der Waals surface area contributed by atoms with Gasteiger partial charge in [0.15, 0.2) is 0 Å². The summed E-state index contributed by atoms with van der Waals surface area (Å²) in [6, 6.07) is 9.15. The lowest BCUT2D eigenvalue weighted by Gasteiger charge is -2.11. The minimum Gasteiger partial charge on any atom is -0.380 e. The van der Waals surface area contributed by atoms with Crippen molar-refractivity contribution >= 4 is 33.0 Å². The zero-order valence-electron chi connectivity index (χ0n) is 9.96. The molecule has 0 radical (unpaired) electrons. The lowest BCUT2D eigenvalue weighted by molar-refractivity contribution is -0.137. The summed E-state index contributed by atoms with van der Waals surface area (Å²) < 4.78 is 38.4. The molecule has 1 N–H and O–H groups in total. The van der Waals surface area contributed by atoms with Crippen LogP contribution < -0.4 is 5.32 Å². The van der Waals surface area contributed by atoms with Gasteiger partial charge in [-0.15, -0.1) is 11.3 Å². The van der Waals surface area contributed by atoms with Crippen LogP contribution in [0.25, 0.3) is 0 Å². The third kappa shape index (κ3) is 3.74. The van der Waals surface area contributed by atoms with Gasteiger partial charge in [-0.1, -0.05) is 15.9 Å². The summed E-state index contributed by atoms with van der Waals surface area (Å²) in [5, 5.41) is 11.6. The monoisotopic (exact) mass is 360 g/mol. The van der Waals surface area contributed by atoms with E-state index in [0.717, 1.165) is 17.0 Å². The number of halogens is 4. The molecule has 1 aromatic heterocycles. The maximum absolute atomic E-state index is 12.7. The molecule has 0 bridgehead atoms. The highest BCUT2D eigenvalue weighted by Crippen LogP contribution is 2.33. The predicted molar refractivity (Wildman–Crippen MR) is 75.5 cm³/mol. The number of benzene rings is 1. The molecule has 20 heavy (non-hydrogen) atoms. The lowest BCUT2D eigenvalue weighted by atomic mass is 10.2. The number of hydrogen-bond acceptors (Lipinski definition) is 3. The summed E-state index contributed by atoms with van der Waals surface area (Å²) in [6.07, 6.45) is -4.38. The van der Waals surface area contributed by atoms with Crippen LogP contribution >= 0.6 is 27.3 Å². The van der Waals surface area contributed by atoms with E-state index in [1.807, 2.05) is 6.07 Å². The van der Waals surface area contributed by atoms with Gasteiger partial charge in [0, 0.05) is 21.6 Å². The van der Waals surface area contributed by atoms with E-state index in [9.17, 15) is 13.2 Å². The predicted octanol–water partition coefficient (Wildman–Crippen LogP) is 5.01. The van der Waals surface area contributed by atoms with Gasteiger partial charge in [-0.05, 0) is 30.3 Å². The Morgan fingerprint density at radius 3 is 2.60 bits per heavy atom. The zero-order chi connectivity index (χ0) is 14.8. The Hall–Kier alpha value is -1.52. The second-order valence-corrected chi connectivity index (χ2v) is 6.04. The fraction of sp³-hybridized carbons (Fsp3) is 0.154. The molecule has 0 aliphatic rings. The van der Waals surface area contributed by atoms with Gasteiger partial charge >= 0.3 is 6.18 Å². The van der Waals surface area contributed by atoms with Gasteiger partial charge in [0.25, 0.3) is 0 Å². The van der Waals surface area contributed by atoms with Gasteiger partial charge in [0.1, 0.15) is 10.9 Å².